The van der Waals surface area contributed by atoms with Crippen molar-refractivity contribution in [2.45, 2.75) is 43.8 Å². The van der Waals surface area contributed by atoms with Crippen molar-refractivity contribution < 1.29 is 4.92 Å². The Hall–Kier alpha value is -1.04. The first-order valence-electron chi connectivity index (χ1n) is 6.69. The molecule has 2 fully saturated rings. The second-order valence-corrected chi connectivity index (χ2v) is 6.31. The highest BCUT2D eigenvalue weighted by molar-refractivity contribution is 6.42. The Morgan fingerprint density at radius 2 is 1.80 bits per heavy atom. The van der Waals surface area contributed by atoms with Gasteiger partial charge < -0.3 is 10.6 Å². The molecule has 1 aromatic carbocycles. The normalized spacial score (nSPS) is 28.4. The minimum atomic E-state index is -0.430. The number of rotatable bonds is 3. The van der Waals surface area contributed by atoms with E-state index in [0.717, 1.165) is 12.8 Å². The molecule has 20 heavy (non-hydrogen) atoms. The van der Waals surface area contributed by atoms with Crippen molar-refractivity contribution in [1.82, 2.24) is 5.32 Å². The van der Waals surface area contributed by atoms with Gasteiger partial charge in [0.1, 0.15) is 5.69 Å². The molecule has 7 heteroatoms. The summed E-state index contributed by atoms with van der Waals surface area (Å²) in [4.78, 5) is 10.7. The van der Waals surface area contributed by atoms with Crippen LogP contribution in [-0.4, -0.2) is 23.0 Å². The second kappa shape index (κ2) is 5.39. The van der Waals surface area contributed by atoms with Crippen molar-refractivity contribution in [3.63, 3.8) is 0 Å². The summed E-state index contributed by atoms with van der Waals surface area (Å²) in [6, 6.07) is 4.14. The summed E-state index contributed by atoms with van der Waals surface area (Å²) in [5.74, 6) is 0. The number of piperidine rings is 1. The molecule has 2 N–H and O–H groups in total. The number of anilines is 1. The number of nitrogens with one attached hydrogen (secondary N) is 2. The van der Waals surface area contributed by atoms with Crippen LogP contribution in [0.4, 0.5) is 11.4 Å². The summed E-state index contributed by atoms with van der Waals surface area (Å²) in [5.41, 5.74) is 0.431. The molecule has 2 atom stereocenters. The van der Waals surface area contributed by atoms with Gasteiger partial charge in [-0.25, -0.2) is 0 Å². The number of halogens is 2. The summed E-state index contributed by atoms with van der Waals surface area (Å²) in [5, 5.41) is 18.5. The van der Waals surface area contributed by atoms with Crippen molar-refractivity contribution in [2.75, 3.05) is 5.32 Å². The third-order valence-electron chi connectivity index (χ3n) is 4.07. The molecule has 2 heterocycles. The predicted molar refractivity (Wildman–Crippen MR) is 79.7 cm³/mol. The van der Waals surface area contributed by atoms with Crippen LogP contribution >= 0.6 is 23.2 Å². The fraction of sp³-hybridized carbons (Fsp3) is 0.538. The van der Waals surface area contributed by atoms with E-state index in [4.69, 9.17) is 23.2 Å². The van der Waals surface area contributed by atoms with Gasteiger partial charge in [-0.05, 0) is 31.7 Å². The van der Waals surface area contributed by atoms with Gasteiger partial charge in [0.25, 0.3) is 5.69 Å². The van der Waals surface area contributed by atoms with Gasteiger partial charge >= 0.3 is 0 Å². The predicted octanol–water partition coefficient (Wildman–Crippen LogP) is 3.60. The van der Waals surface area contributed by atoms with E-state index in [2.05, 4.69) is 10.6 Å². The summed E-state index contributed by atoms with van der Waals surface area (Å²) in [6.45, 7) is 0. The summed E-state index contributed by atoms with van der Waals surface area (Å²) < 4.78 is 0. The lowest BCUT2D eigenvalue weighted by Crippen LogP contribution is -2.43. The standard InChI is InChI=1S/C13H15Cl2N3O2/c14-10-5-12(13(18(19)20)6-11(10)15)17-9-3-7-1-2-8(4-9)16-7/h5-9,16-17H,1-4H2. The molecular weight excluding hydrogens is 301 g/mol. The van der Waals surface area contributed by atoms with Crippen LogP contribution in [0.5, 0.6) is 0 Å². The lowest BCUT2D eigenvalue weighted by molar-refractivity contribution is -0.384. The molecule has 1 aromatic rings. The molecule has 0 radical (unpaired) electrons. The van der Waals surface area contributed by atoms with E-state index >= 15 is 0 Å². The monoisotopic (exact) mass is 315 g/mol. The Balaban J connectivity index is 1.83. The van der Waals surface area contributed by atoms with Crippen molar-refractivity contribution in [2.24, 2.45) is 0 Å². The fourth-order valence-electron chi connectivity index (χ4n) is 3.20. The van der Waals surface area contributed by atoms with Crippen LogP contribution < -0.4 is 10.6 Å². The Kier molecular flexibility index (Phi) is 3.75. The van der Waals surface area contributed by atoms with Crippen LogP contribution in [0.2, 0.25) is 10.0 Å². The quantitative estimate of drug-likeness (QED) is 0.660. The third-order valence-corrected chi connectivity index (χ3v) is 4.79. The molecule has 5 nitrogen and oxygen atoms in total. The Bertz CT molecular complexity index is 541. The van der Waals surface area contributed by atoms with E-state index in [9.17, 15) is 10.1 Å². The van der Waals surface area contributed by atoms with Crippen LogP contribution in [0, 0.1) is 10.1 Å². The highest BCUT2D eigenvalue weighted by Crippen LogP contribution is 2.36. The number of nitro groups is 1. The minimum Gasteiger partial charge on any atom is -0.377 e. The SMILES string of the molecule is O=[N+]([O-])c1cc(Cl)c(Cl)cc1NC1CC2CCC(C1)N2. The Morgan fingerprint density at radius 3 is 2.40 bits per heavy atom. The number of benzene rings is 1. The molecule has 0 aliphatic carbocycles. The first kappa shape index (κ1) is 13.9. The fourth-order valence-corrected chi connectivity index (χ4v) is 3.52. The van der Waals surface area contributed by atoms with Crippen LogP contribution in [0.25, 0.3) is 0 Å². The first-order chi connectivity index (χ1) is 9.52. The van der Waals surface area contributed by atoms with Gasteiger partial charge in [0.15, 0.2) is 0 Å². The van der Waals surface area contributed by atoms with Gasteiger partial charge in [-0.3, -0.25) is 10.1 Å². The zero-order valence-electron chi connectivity index (χ0n) is 10.7. The second-order valence-electron chi connectivity index (χ2n) is 5.49. The van der Waals surface area contributed by atoms with Gasteiger partial charge in [0.2, 0.25) is 0 Å². The summed E-state index contributed by atoms with van der Waals surface area (Å²) >= 11 is 11.8. The molecule has 2 saturated heterocycles. The van der Waals surface area contributed by atoms with E-state index in [1.807, 2.05) is 0 Å². The average molecular weight is 316 g/mol. The molecule has 2 aliphatic rings. The zero-order valence-corrected chi connectivity index (χ0v) is 12.2. The van der Waals surface area contributed by atoms with Crippen molar-refractivity contribution in [3.05, 3.63) is 32.3 Å². The molecule has 0 aromatic heterocycles. The number of hydrogen-bond donors (Lipinski definition) is 2. The lowest BCUT2D eigenvalue weighted by atomic mass is 9.99. The molecule has 2 aliphatic heterocycles. The van der Waals surface area contributed by atoms with E-state index < -0.39 is 4.92 Å². The van der Waals surface area contributed by atoms with Gasteiger partial charge in [0, 0.05) is 24.2 Å². The minimum absolute atomic E-state index is 0.0229. The maximum atomic E-state index is 11.1. The molecule has 0 saturated carbocycles. The number of fused-ring (bicyclic) bond motifs is 2. The van der Waals surface area contributed by atoms with Gasteiger partial charge in [-0.15, -0.1) is 0 Å². The molecule has 2 bridgehead atoms. The van der Waals surface area contributed by atoms with Crippen LogP contribution in [0.1, 0.15) is 25.7 Å². The molecule has 2 unspecified atom stereocenters. The molecule has 0 spiro atoms. The number of hydrogen-bond acceptors (Lipinski definition) is 4. The topological polar surface area (TPSA) is 67.2 Å². The zero-order chi connectivity index (χ0) is 14.3. The highest BCUT2D eigenvalue weighted by atomic mass is 35.5. The number of nitrogens with zero attached hydrogens (tertiary/aromatic N) is 1. The molecule has 0 amide bonds. The first-order valence-corrected chi connectivity index (χ1v) is 7.44. The van der Waals surface area contributed by atoms with Gasteiger partial charge in [-0.2, -0.15) is 0 Å². The summed E-state index contributed by atoms with van der Waals surface area (Å²) in [7, 11) is 0. The molecular formula is C13H15Cl2N3O2. The van der Waals surface area contributed by atoms with Gasteiger partial charge in [0.05, 0.1) is 15.0 Å². The summed E-state index contributed by atoms with van der Waals surface area (Å²) in [6.07, 6.45) is 4.33. The van der Waals surface area contributed by atoms with Crippen LogP contribution in [-0.2, 0) is 0 Å². The maximum absolute atomic E-state index is 11.1. The van der Waals surface area contributed by atoms with E-state index in [-0.39, 0.29) is 16.8 Å². The van der Waals surface area contributed by atoms with Gasteiger partial charge in [-0.1, -0.05) is 23.2 Å². The maximum Gasteiger partial charge on any atom is 0.293 e. The largest absolute Gasteiger partial charge is 0.377 e. The van der Waals surface area contributed by atoms with E-state index in [0.29, 0.717) is 22.8 Å². The number of nitro benzene ring substituents is 1. The average Bonchev–Trinajstić information content (AvgIpc) is 2.72. The Morgan fingerprint density at radius 1 is 1.20 bits per heavy atom. The van der Waals surface area contributed by atoms with Crippen molar-refractivity contribution in [3.8, 4) is 0 Å². The van der Waals surface area contributed by atoms with Crippen LogP contribution in [0.15, 0.2) is 12.1 Å². The van der Waals surface area contributed by atoms with E-state index in [1.54, 1.807) is 6.07 Å². The van der Waals surface area contributed by atoms with Crippen molar-refractivity contribution >= 4 is 34.6 Å². The highest BCUT2D eigenvalue weighted by Gasteiger charge is 2.34. The third kappa shape index (κ3) is 2.71. The van der Waals surface area contributed by atoms with Crippen molar-refractivity contribution in [1.29, 1.82) is 0 Å². The molecule has 3 rings (SSSR count). The van der Waals surface area contributed by atoms with Crippen LogP contribution in [0.3, 0.4) is 0 Å². The van der Waals surface area contributed by atoms with E-state index in [1.165, 1.54) is 18.9 Å². The molecule has 108 valence electrons. The lowest BCUT2D eigenvalue weighted by Gasteiger charge is -2.30. The smallest absolute Gasteiger partial charge is 0.293 e. The Labute approximate surface area is 126 Å².